The van der Waals surface area contributed by atoms with Crippen molar-refractivity contribution in [2.45, 2.75) is 31.6 Å². The average Bonchev–Trinajstić information content (AvgIpc) is 3.05. The third kappa shape index (κ3) is 2.61. The number of hydrogen-bond donors (Lipinski definition) is 2. The number of piperidine rings is 1. The van der Waals surface area contributed by atoms with Crippen LogP contribution in [0.15, 0.2) is 55.1 Å². The predicted octanol–water partition coefficient (Wildman–Crippen LogP) is 4.73. The summed E-state index contributed by atoms with van der Waals surface area (Å²) in [4.78, 5) is 6.30. The van der Waals surface area contributed by atoms with Gasteiger partial charge in [-0.2, -0.15) is 0 Å². The van der Waals surface area contributed by atoms with E-state index < -0.39 is 0 Å². The van der Waals surface area contributed by atoms with Crippen LogP contribution in [0, 0.1) is 12.8 Å². The first-order valence-corrected chi connectivity index (χ1v) is 10.3. The molecule has 0 bridgehead atoms. The van der Waals surface area contributed by atoms with E-state index in [1.165, 1.54) is 33.3 Å². The minimum absolute atomic E-state index is 0.132. The van der Waals surface area contributed by atoms with Crippen molar-refractivity contribution in [1.29, 1.82) is 0 Å². The fourth-order valence-corrected chi connectivity index (χ4v) is 5.76. The summed E-state index contributed by atoms with van der Waals surface area (Å²) in [5, 5.41) is 11.2. The Morgan fingerprint density at radius 3 is 2.86 bits per heavy atom. The predicted molar refractivity (Wildman–Crippen MR) is 115 cm³/mol. The molecule has 1 aliphatic heterocycles. The molecule has 1 aliphatic carbocycles. The van der Waals surface area contributed by atoms with Crippen LogP contribution in [0.3, 0.4) is 0 Å². The smallest absolute Gasteiger partial charge is 0.115 e. The molecule has 1 aromatic heterocycles. The maximum absolute atomic E-state index is 9.82. The van der Waals surface area contributed by atoms with Crippen molar-refractivity contribution in [1.82, 2.24) is 9.88 Å². The van der Waals surface area contributed by atoms with Crippen molar-refractivity contribution in [3.63, 3.8) is 0 Å². The summed E-state index contributed by atoms with van der Waals surface area (Å²) >= 11 is 0. The van der Waals surface area contributed by atoms with Crippen LogP contribution in [0.2, 0.25) is 0 Å². The summed E-state index contributed by atoms with van der Waals surface area (Å²) in [7, 11) is 0. The van der Waals surface area contributed by atoms with E-state index in [2.05, 4.69) is 53.7 Å². The van der Waals surface area contributed by atoms with E-state index in [4.69, 9.17) is 0 Å². The number of phenolic OH excluding ortho intramolecular Hbond substituents is 1. The number of fused-ring (bicyclic) bond motifs is 4. The molecular weight excluding hydrogens is 344 g/mol. The third-order valence-electron chi connectivity index (χ3n) is 7.13. The number of aryl methyl sites for hydroxylation is 1. The molecule has 0 radical (unpaired) electrons. The van der Waals surface area contributed by atoms with Gasteiger partial charge in [0.2, 0.25) is 0 Å². The molecule has 3 heteroatoms. The summed E-state index contributed by atoms with van der Waals surface area (Å²) < 4.78 is 0. The zero-order valence-electron chi connectivity index (χ0n) is 16.5. The molecule has 0 amide bonds. The van der Waals surface area contributed by atoms with Crippen molar-refractivity contribution in [2.24, 2.45) is 5.92 Å². The number of phenols is 1. The van der Waals surface area contributed by atoms with Gasteiger partial charge in [0.15, 0.2) is 0 Å². The van der Waals surface area contributed by atoms with Gasteiger partial charge in [-0.15, -0.1) is 6.58 Å². The lowest BCUT2D eigenvalue weighted by molar-refractivity contribution is 0.0897. The van der Waals surface area contributed by atoms with Gasteiger partial charge in [-0.3, -0.25) is 4.90 Å². The Morgan fingerprint density at radius 1 is 1.25 bits per heavy atom. The second-order valence-corrected chi connectivity index (χ2v) is 8.66. The summed E-state index contributed by atoms with van der Waals surface area (Å²) in [5.74, 6) is 0.912. The summed E-state index contributed by atoms with van der Waals surface area (Å²) in [6.07, 6.45) is 5.32. The Morgan fingerprint density at radius 2 is 2.07 bits per heavy atom. The molecule has 1 fully saturated rings. The lowest BCUT2D eigenvalue weighted by atomic mass is 9.58. The van der Waals surface area contributed by atoms with Crippen LogP contribution < -0.4 is 0 Å². The van der Waals surface area contributed by atoms with Gasteiger partial charge in [0.1, 0.15) is 5.75 Å². The van der Waals surface area contributed by atoms with Crippen molar-refractivity contribution < 1.29 is 5.11 Å². The molecule has 5 rings (SSSR count). The number of hydrogen-bond acceptors (Lipinski definition) is 2. The molecule has 144 valence electrons. The fourth-order valence-electron chi connectivity index (χ4n) is 5.76. The largest absolute Gasteiger partial charge is 0.508 e. The first-order valence-electron chi connectivity index (χ1n) is 10.3. The van der Waals surface area contributed by atoms with Gasteiger partial charge in [0.05, 0.1) is 0 Å². The molecule has 2 aliphatic rings. The maximum Gasteiger partial charge on any atom is 0.115 e. The van der Waals surface area contributed by atoms with Gasteiger partial charge in [-0.25, -0.2) is 0 Å². The summed E-state index contributed by atoms with van der Waals surface area (Å²) in [6, 6.07) is 14.6. The molecule has 3 nitrogen and oxygen atoms in total. The number of benzene rings is 2. The van der Waals surface area contributed by atoms with Gasteiger partial charge in [0.25, 0.3) is 0 Å². The van der Waals surface area contributed by atoms with Gasteiger partial charge in [-0.05, 0) is 73.5 Å². The molecule has 2 N–H and O–H groups in total. The van der Waals surface area contributed by atoms with E-state index >= 15 is 0 Å². The molecule has 1 saturated heterocycles. The molecular formula is C25H28N2O. The van der Waals surface area contributed by atoms with E-state index in [0.29, 0.717) is 11.7 Å². The Balaban J connectivity index is 1.64. The van der Waals surface area contributed by atoms with E-state index in [1.54, 1.807) is 0 Å². The highest BCUT2D eigenvalue weighted by Crippen LogP contribution is 2.49. The van der Waals surface area contributed by atoms with Crippen molar-refractivity contribution in [2.75, 3.05) is 19.6 Å². The highest BCUT2D eigenvalue weighted by atomic mass is 16.3. The number of aromatic hydroxyl groups is 1. The number of aromatic amines is 1. The lowest BCUT2D eigenvalue weighted by Gasteiger charge is -2.51. The summed E-state index contributed by atoms with van der Waals surface area (Å²) in [5.41, 5.74) is 7.07. The van der Waals surface area contributed by atoms with Crippen molar-refractivity contribution in [3.8, 4) is 5.75 Å². The zero-order chi connectivity index (χ0) is 19.3. The average molecular weight is 373 g/mol. The van der Waals surface area contributed by atoms with E-state index in [-0.39, 0.29) is 5.41 Å². The molecule has 28 heavy (non-hydrogen) atoms. The monoisotopic (exact) mass is 372 g/mol. The quantitative estimate of drug-likeness (QED) is 0.653. The minimum atomic E-state index is 0.132. The number of likely N-dealkylation sites (tertiary alicyclic amines) is 1. The molecule has 2 atom stereocenters. The molecule has 2 unspecified atom stereocenters. The second kappa shape index (κ2) is 6.52. The number of nitrogens with one attached hydrogen (secondary N) is 1. The zero-order valence-corrected chi connectivity index (χ0v) is 16.5. The number of H-pyrrole nitrogens is 1. The van der Waals surface area contributed by atoms with Crippen molar-refractivity contribution >= 4 is 10.9 Å². The molecule has 2 aromatic carbocycles. The second-order valence-electron chi connectivity index (χ2n) is 8.66. The Labute approximate surface area is 166 Å². The Hall–Kier alpha value is -2.52. The SMILES string of the molecule is C=CCN1CCC2(c3ccc(O)cc3)Cc3[nH]c4cccc(C)c4c3CC2C1. The normalized spacial score (nSPS) is 24.7. The first-order chi connectivity index (χ1) is 13.6. The standard InChI is InChI=1S/C25H28N2O/c1-3-12-27-13-11-25(18-7-9-20(28)10-8-18)15-23-21(14-19(25)16-27)24-17(2)5-4-6-22(24)26-23/h3-10,19,26,28H,1,11-16H2,2H3. The lowest BCUT2D eigenvalue weighted by Crippen LogP contribution is -2.53. The number of nitrogens with zero attached hydrogens (tertiary/aromatic N) is 1. The van der Waals surface area contributed by atoms with Gasteiger partial charge in [-0.1, -0.05) is 30.3 Å². The molecule has 0 saturated carbocycles. The van der Waals surface area contributed by atoms with Crippen molar-refractivity contribution in [3.05, 3.63) is 77.5 Å². The van der Waals surface area contributed by atoms with Crippen LogP contribution in [0.25, 0.3) is 10.9 Å². The van der Waals surface area contributed by atoms with Crippen LogP contribution in [0.5, 0.6) is 5.75 Å². The number of aromatic nitrogens is 1. The van der Waals surface area contributed by atoms with Crippen LogP contribution >= 0.6 is 0 Å². The fraction of sp³-hybridized carbons (Fsp3) is 0.360. The maximum atomic E-state index is 9.82. The molecule has 0 spiro atoms. The highest BCUT2D eigenvalue weighted by molar-refractivity contribution is 5.88. The van der Waals surface area contributed by atoms with Crippen LogP contribution in [-0.4, -0.2) is 34.6 Å². The third-order valence-corrected chi connectivity index (χ3v) is 7.13. The van der Waals surface area contributed by atoms with Gasteiger partial charge in [0, 0.05) is 35.1 Å². The Kier molecular flexibility index (Phi) is 4.09. The first kappa shape index (κ1) is 17.6. The molecule has 3 aromatic rings. The van der Waals surface area contributed by atoms with Crippen LogP contribution in [-0.2, 0) is 18.3 Å². The summed E-state index contributed by atoms with van der Waals surface area (Å²) in [6.45, 7) is 9.33. The number of rotatable bonds is 3. The van der Waals surface area contributed by atoms with Crippen LogP contribution in [0.1, 0.15) is 28.8 Å². The van der Waals surface area contributed by atoms with E-state index in [1.807, 2.05) is 18.2 Å². The minimum Gasteiger partial charge on any atom is -0.508 e. The van der Waals surface area contributed by atoms with Crippen LogP contribution in [0.4, 0.5) is 0 Å². The van der Waals surface area contributed by atoms with Gasteiger partial charge < -0.3 is 10.1 Å². The van der Waals surface area contributed by atoms with Gasteiger partial charge >= 0.3 is 0 Å². The van der Waals surface area contributed by atoms with E-state index in [0.717, 1.165) is 38.9 Å². The topological polar surface area (TPSA) is 39.3 Å². The highest BCUT2D eigenvalue weighted by Gasteiger charge is 2.47. The Bertz CT molecular complexity index is 1030. The van der Waals surface area contributed by atoms with E-state index in [9.17, 15) is 5.11 Å². The molecule has 2 heterocycles.